The molecule has 3 rings (SSSR count). The first-order chi connectivity index (χ1) is 10.1. The van der Waals surface area contributed by atoms with E-state index in [0.29, 0.717) is 28.1 Å². The van der Waals surface area contributed by atoms with Crippen molar-refractivity contribution >= 4 is 21.7 Å². The Balaban J connectivity index is 1.89. The molecule has 106 valence electrons. The highest BCUT2D eigenvalue weighted by Gasteiger charge is 2.12. The predicted octanol–water partition coefficient (Wildman–Crippen LogP) is 3.23. The molecule has 0 aliphatic heterocycles. The average molecular weight is 346 g/mol. The fourth-order valence-corrected chi connectivity index (χ4v) is 2.09. The van der Waals surface area contributed by atoms with Gasteiger partial charge >= 0.3 is 0 Å². The van der Waals surface area contributed by atoms with Crippen LogP contribution in [0.2, 0.25) is 0 Å². The third kappa shape index (κ3) is 2.92. The number of aromatic nitrogens is 4. The fourth-order valence-electron chi connectivity index (χ4n) is 1.78. The zero-order valence-corrected chi connectivity index (χ0v) is 12.8. The minimum atomic E-state index is 0.301. The molecule has 3 aromatic rings. The maximum absolute atomic E-state index is 5.62. The quantitative estimate of drug-likeness (QED) is 0.732. The number of hydrogen-bond acceptors (Lipinski definition) is 6. The van der Waals surface area contributed by atoms with Crippen molar-refractivity contribution < 1.29 is 4.42 Å². The van der Waals surface area contributed by atoms with Gasteiger partial charge in [-0.15, -0.1) is 10.2 Å². The number of halogens is 1. The number of alkyl halides is 1. The lowest BCUT2D eigenvalue weighted by Crippen LogP contribution is -1.92. The summed E-state index contributed by atoms with van der Waals surface area (Å²) in [6, 6.07) is 7.92. The van der Waals surface area contributed by atoms with Gasteiger partial charge in [-0.1, -0.05) is 28.1 Å². The van der Waals surface area contributed by atoms with E-state index >= 15 is 0 Å². The van der Waals surface area contributed by atoms with Crippen LogP contribution >= 0.6 is 15.9 Å². The molecule has 2 N–H and O–H groups in total. The minimum absolute atomic E-state index is 0.301. The lowest BCUT2D eigenvalue weighted by atomic mass is 10.1. The summed E-state index contributed by atoms with van der Waals surface area (Å²) in [4.78, 5) is 8.35. The van der Waals surface area contributed by atoms with E-state index in [1.54, 1.807) is 0 Å². The second-order valence-electron chi connectivity index (χ2n) is 4.48. The molecule has 2 aromatic heterocycles. The lowest BCUT2D eigenvalue weighted by molar-refractivity contribution is 0.582. The summed E-state index contributed by atoms with van der Waals surface area (Å²) >= 11 is 3.53. The van der Waals surface area contributed by atoms with E-state index in [1.165, 1.54) is 18.0 Å². The van der Waals surface area contributed by atoms with Gasteiger partial charge in [0.05, 0.1) is 12.4 Å². The molecular formula is C14H12BrN5O. The van der Waals surface area contributed by atoms with E-state index in [9.17, 15) is 0 Å². The number of nitrogens with two attached hydrogens (primary N) is 1. The van der Waals surface area contributed by atoms with Crippen molar-refractivity contribution in [1.82, 2.24) is 20.2 Å². The van der Waals surface area contributed by atoms with Gasteiger partial charge in [0.1, 0.15) is 11.5 Å². The number of nitrogens with zero attached hydrogens (tertiary/aromatic N) is 4. The SMILES string of the molecule is CC(Br)c1ccc(-c2nnc(-c3cnc(N)cn3)o2)cc1. The van der Waals surface area contributed by atoms with Crippen molar-refractivity contribution in [3.8, 4) is 23.0 Å². The van der Waals surface area contributed by atoms with E-state index in [1.807, 2.05) is 24.3 Å². The van der Waals surface area contributed by atoms with Gasteiger partial charge in [-0.25, -0.2) is 9.97 Å². The molecular weight excluding hydrogens is 334 g/mol. The Morgan fingerprint density at radius 2 is 1.76 bits per heavy atom. The first kappa shape index (κ1) is 13.7. The summed E-state index contributed by atoms with van der Waals surface area (Å²) in [5.41, 5.74) is 8.03. The summed E-state index contributed by atoms with van der Waals surface area (Å²) in [7, 11) is 0. The molecule has 0 bridgehead atoms. The third-order valence-corrected chi connectivity index (χ3v) is 3.46. The van der Waals surface area contributed by atoms with Crippen molar-refractivity contribution in [3.63, 3.8) is 0 Å². The van der Waals surface area contributed by atoms with Gasteiger partial charge < -0.3 is 10.2 Å². The first-order valence-corrected chi connectivity index (χ1v) is 7.21. The van der Waals surface area contributed by atoms with E-state index in [4.69, 9.17) is 10.2 Å². The van der Waals surface area contributed by atoms with Crippen LogP contribution < -0.4 is 5.73 Å². The molecule has 1 aromatic carbocycles. The molecule has 0 saturated heterocycles. The normalized spacial score (nSPS) is 12.3. The topological polar surface area (TPSA) is 90.7 Å². The van der Waals surface area contributed by atoms with Crippen LogP contribution in [0.25, 0.3) is 23.0 Å². The van der Waals surface area contributed by atoms with Gasteiger partial charge in [-0.05, 0) is 24.6 Å². The van der Waals surface area contributed by atoms with Crippen LogP contribution in [0, 0.1) is 0 Å². The fraction of sp³-hybridized carbons (Fsp3) is 0.143. The summed E-state index contributed by atoms with van der Waals surface area (Å²) < 4.78 is 5.62. The minimum Gasteiger partial charge on any atom is -0.415 e. The van der Waals surface area contributed by atoms with Crippen molar-refractivity contribution in [3.05, 3.63) is 42.2 Å². The molecule has 0 fully saturated rings. The van der Waals surface area contributed by atoms with Crippen LogP contribution in [-0.2, 0) is 0 Å². The first-order valence-electron chi connectivity index (χ1n) is 6.29. The van der Waals surface area contributed by atoms with E-state index in [0.717, 1.165) is 5.56 Å². The van der Waals surface area contributed by atoms with Crippen LogP contribution in [-0.4, -0.2) is 20.2 Å². The van der Waals surface area contributed by atoms with Crippen LogP contribution in [0.4, 0.5) is 5.82 Å². The second kappa shape index (κ2) is 5.61. The molecule has 0 spiro atoms. The predicted molar refractivity (Wildman–Crippen MR) is 82.5 cm³/mol. The molecule has 6 nitrogen and oxygen atoms in total. The summed E-state index contributed by atoms with van der Waals surface area (Å²) in [5.74, 6) is 1.10. The highest BCUT2D eigenvalue weighted by molar-refractivity contribution is 9.09. The van der Waals surface area contributed by atoms with Crippen molar-refractivity contribution in [2.75, 3.05) is 5.73 Å². The van der Waals surface area contributed by atoms with Gasteiger partial charge in [-0.2, -0.15) is 0 Å². The van der Waals surface area contributed by atoms with Gasteiger partial charge in [-0.3, -0.25) is 0 Å². The largest absolute Gasteiger partial charge is 0.415 e. The summed E-state index contributed by atoms with van der Waals surface area (Å²) in [5, 5.41) is 8.01. The lowest BCUT2D eigenvalue weighted by Gasteiger charge is -2.03. The number of rotatable bonds is 3. The molecule has 1 atom stereocenters. The Bertz CT molecular complexity index is 737. The van der Waals surface area contributed by atoms with Gasteiger partial charge in [0.15, 0.2) is 0 Å². The smallest absolute Gasteiger partial charge is 0.268 e. The van der Waals surface area contributed by atoms with Crippen LogP contribution in [0.3, 0.4) is 0 Å². The molecule has 0 amide bonds. The molecule has 7 heteroatoms. The van der Waals surface area contributed by atoms with E-state index in [-0.39, 0.29) is 0 Å². The highest BCUT2D eigenvalue weighted by atomic mass is 79.9. The maximum atomic E-state index is 5.62. The van der Waals surface area contributed by atoms with Crippen molar-refractivity contribution in [2.24, 2.45) is 0 Å². The molecule has 0 radical (unpaired) electrons. The van der Waals surface area contributed by atoms with Crippen LogP contribution in [0.5, 0.6) is 0 Å². The Morgan fingerprint density at radius 3 is 2.38 bits per heavy atom. The van der Waals surface area contributed by atoms with Crippen molar-refractivity contribution in [2.45, 2.75) is 11.8 Å². The molecule has 21 heavy (non-hydrogen) atoms. The highest BCUT2D eigenvalue weighted by Crippen LogP contribution is 2.26. The standard InChI is InChI=1S/C14H12BrN5O/c1-8(15)9-2-4-10(5-3-9)13-19-20-14(21-13)11-6-18-12(16)7-17-11/h2-8H,1H3,(H2,16,18). The molecule has 0 saturated carbocycles. The van der Waals surface area contributed by atoms with Gasteiger partial charge in [0.25, 0.3) is 5.89 Å². The third-order valence-electron chi connectivity index (χ3n) is 2.93. The Kier molecular flexibility index (Phi) is 3.66. The van der Waals surface area contributed by atoms with Crippen LogP contribution in [0.15, 0.2) is 41.1 Å². The Morgan fingerprint density at radius 1 is 1.05 bits per heavy atom. The Hall–Kier alpha value is -2.28. The number of benzene rings is 1. The summed E-state index contributed by atoms with van der Waals surface area (Å²) in [6.45, 7) is 2.07. The number of nitrogen functional groups attached to an aromatic ring is 1. The number of hydrogen-bond donors (Lipinski definition) is 1. The van der Waals surface area contributed by atoms with Crippen LogP contribution in [0.1, 0.15) is 17.3 Å². The average Bonchev–Trinajstić information content (AvgIpc) is 2.98. The molecule has 2 heterocycles. The molecule has 1 unspecified atom stereocenters. The van der Waals surface area contributed by atoms with E-state index in [2.05, 4.69) is 43.0 Å². The summed E-state index contributed by atoms with van der Waals surface area (Å²) in [6.07, 6.45) is 2.95. The van der Waals surface area contributed by atoms with Crippen molar-refractivity contribution in [1.29, 1.82) is 0 Å². The zero-order chi connectivity index (χ0) is 14.8. The molecule has 0 aliphatic rings. The van der Waals surface area contributed by atoms with Gasteiger partial charge in [0, 0.05) is 10.4 Å². The molecule has 0 aliphatic carbocycles. The monoisotopic (exact) mass is 345 g/mol. The Labute approximate surface area is 129 Å². The van der Waals surface area contributed by atoms with E-state index < -0.39 is 0 Å². The number of anilines is 1. The maximum Gasteiger partial charge on any atom is 0.268 e. The second-order valence-corrected chi connectivity index (χ2v) is 5.85. The zero-order valence-electron chi connectivity index (χ0n) is 11.2. The van der Waals surface area contributed by atoms with Gasteiger partial charge in [0.2, 0.25) is 5.89 Å².